The predicted molar refractivity (Wildman–Crippen MR) is 67.3 cm³/mol. The molecule has 0 fully saturated rings. The van der Waals surface area contributed by atoms with E-state index in [4.69, 9.17) is 0 Å². The quantitative estimate of drug-likeness (QED) is 0.625. The fraction of sp³-hybridized carbons (Fsp3) is 0.786. The summed E-state index contributed by atoms with van der Waals surface area (Å²) in [5, 5.41) is 0. The van der Waals surface area contributed by atoms with Crippen LogP contribution in [0.1, 0.15) is 40.5 Å². The van der Waals surface area contributed by atoms with Gasteiger partial charge in [0, 0.05) is 13.3 Å². The van der Waals surface area contributed by atoms with Gasteiger partial charge < -0.3 is 4.74 Å². The van der Waals surface area contributed by atoms with E-state index in [1.54, 1.807) is 13.8 Å². The summed E-state index contributed by atoms with van der Waals surface area (Å²) in [5.74, 6) is -20.7. The Morgan fingerprint density at radius 2 is 1.38 bits per heavy atom. The second-order valence-electron chi connectivity index (χ2n) is 6.71. The fourth-order valence-electron chi connectivity index (χ4n) is 2.41. The van der Waals surface area contributed by atoms with Crippen LogP contribution in [0.3, 0.4) is 0 Å². The first-order valence-electron chi connectivity index (χ1n) is 6.79. The van der Waals surface area contributed by atoms with Crippen LogP contribution in [0.5, 0.6) is 0 Å². The van der Waals surface area contributed by atoms with Gasteiger partial charge in [-0.25, -0.2) is 0 Å². The summed E-state index contributed by atoms with van der Waals surface area (Å²) in [7, 11) is 0. The molecule has 1 aliphatic rings. The molecule has 0 amide bonds. The van der Waals surface area contributed by atoms with E-state index >= 15 is 0 Å². The second-order valence-corrected chi connectivity index (χ2v) is 6.71. The molecule has 140 valence electrons. The molecule has 0 radical (unpaired) electrons. The number of hydrogen-bond donors (Lipinski definition) is 0. The lowest BCUT2D eigenvalue weighted by Gasteiger charge is -2.37. The van der Waals surface area contributed by atoms with E-state index in [0.29, 0.717) is 0 Å². The lowest BCUT2D eigenvalue weighted by atomic mass is 9.76. The van der Waals surface area contributed by atoms with E-state index in [1.165, 1.54) is 0 Å². The third-order valence-electron chi connectivity index (χ3n) is 3.57. The Morgan fingerprint density at radius 3 is 1.75 bits per heavy atom. The van der Waals surface area contributed by atoms with Crippen LogP contribution >= 0.6 is 0 Å². The largest absolute Gasteiger partial charge is 0.471 e. The lowest BCUT2D eigenvalue weighted by molar-refractivity contribution is -0.417. The van der Waals surface area contributed by atoms with E-state index in [0.717, 1.165) is 6.92 Å². The molecule has 0 saturated carbocycles. The van der Waals surface area contributed by atoms with Crippen molar-refractivity contribution in [1.29, 1.82) is 0 Å². The molecule has 24 heavy (non-hydrogen) atoms. The van der Waals surface area contributed by atoms with Crippen molar-refractivity contribution in [2.24, 2.45) is 5.41 Å². The van der Waals surface area contributed by atoms with Crippen molar-refractivity contribution in [3.8, 4) is 0 Å². The van der Waals surface area contributed by atoms with Crippen molar-refractivity contribution < 1.29 is 44.7 Å². The number of hydrogen-bond acceptors (Lipinski definition) is 2. The van der Waals surface area contributed by atoms with Gasteiger partial charge in [-0.3, -0.25) is 4.79 Å². The molecular formula is C14H16F8O2. The van der Waals surface area contributed by atoms with Crippen LogP contribution in [-0.4, -0.2) is 29.7 Å². The average Bonchev–Trinajstić information content (AvgIpc) is 2.30. The summed E-state index contributed by atoms with van der Waals surface area (Å²) < 4.78 is 109. The molecule has 0 bridgehead atoms. The predicted octanol–water partition coefficient (Wildman–Crippen LogP) is 5.18. The SMILES string of the molecule is CC1=C(OC(F)(F)C(F)(F)C(F)(F)C(C)(F)F)C(=O)CC(C)(C)C1. The van der Waals surface area contributed by atoms with Gasteiger partial charge in [0.05, 0.1) is 0 Å². The summed E-state index contributed by atoms with van der Waals surface area (Å²) in [6.07, 6.45) is -6.35. The minimum atomic E-state index is -6.54. The molecule has 1 rings (SSSR count). The lowest BCUT2D eigenvalue weighted by Crippen LogP contribution is -2.62. The first-order valence-corrected chi connectivity index (χ1v) is 6.79. The zero-order valence-electron chi connectivity index (χ0n) is 13.3. The summed E-state index contributed by atoms with van der Waals surface area (Å²) in [6, 6.07) is 0. The number of carbonyl (C=O) groups is 1. The second kappa shape index (κ2) is 5.59. The Balaban J connectivity index is 3.24. The molecule has 0 heterocycles. The van der Waals surface area contributed by atoms with Crippen molar-refractivity contribution >= 4 is 5.78 Å². The van der Waals surface area contributed by atoms with Crippen molar-refractivity contribution in [2.45, 2.75) is 64.4 Å². The van der Waals surface area contributed by atoms with Gasteiger partial charge in [-0.2, -0.15) is 35.1 Å². The Hall–Kier alpha value is -1.35. The normalized spacial score (nSPS) is 20.4. The van der Waals surface area contributed by atoms with Crippen molar-refractivity contribution in [2.75, 3.05) is 0 Å². The van der Waals surface area contributed by atoms with Gasteiger partial charge in [0.15, 0.2) is 11.5 Å². The maximum Gasteiger partial charge on any atom is 0.471 e. The van der Waals surface area contributed by atoms with Crippen molar-refractivity contribution in [1.82, 2.24) is 0 Å². The number of ether oxygens (including phenoxy) is 1. The Labute approximate surface area is 132 Å². The zero-order chi connectivity index (χ0) is 19.4. The molecule has 0 aliphatic heterocycles. The van der Waals surface area contributed by atoms with Crippen LogP contribution in [0, 0.1) is 5.41 Å². The number of Topliss-reactive ketones (excluding diaryl/α,β-unsaturated/α-hetero) is 1. The highest BCUT2D eigenvalue weighted by Crippen LogP contribution is 2.53. The highest BCUT2D eigenvalue weighted by Gasteiger charge is 2.81. The van der Waals surface area contributed by atoms with Gasteiger partial charge in [0.1, 0.15) is 0 Å². The summed E-state index contributed by atoms with van der Waals surface area (Å²) in [5.41, 5.74) is -0.815. The molecule has 1 aliphatic carbocycles. The van der Waals surface area contributed by atoms with Crippen molar-refractivity contribution in [3.05, 3.63) is 11.3 Å². The van der Waals surface area contributed by atoms with E-state index in [-0.39, 0.29) is 18.4 Å². The molecule has 0 spiro atoms. The van der Waals surface area contributed by atoms with Crippen molar-refractivity contribution in [3.63, 3.8) is 0 Å². The molecule has 0 aromatic heterocycles. The summed E-state index contributed by atoms with van der Waals surface area (Å²) in [6.45, 7) is 3.72. The molecule has 0 saturated heterocycles. The molecule has 10 heteroatoms. The smallest absolute Gasteiger partial charge is 0.424 e. The minimum Gasteiger partial charge on any atom is -0.424 e. The van der Waals surface area contributed by atoms with Crippen LogP contribution in [0.4, 0.5) is 35.1 Å². The number of halogens is 8. The fourth-order valence-corrected chi connectivity index (χ4v) is 2.41. The van der Waals surface area contributed by atoms with E-state index in [9.17, 15) is 39.9 Å². The molecule has 0 atom stereocenters. The summed E-state index contributed by atoms with van der Waals surface area (Å²) in [4.78, 5) is 11.8. The van der Waals surface area contributed by atoms with Gasteiger partial charge in [-0.15, -0.1) is 0 Å². The van der Waals surface area contributed by atoms with Gasteiger partial charge in [-0.05, 0) is 24.3 Å². The molecule has 0 aromatic rings. The molecule has 0 N–H and O–H groups in total. The Kier molecular flexibility index (Phi) is 4.82. The Bertz CT molecular complexity index is 558. The van der Waals surface area contributed by atoms with Crippen LogP contribution in [-0.2, 0) is 9.53 Å². The molecule has 0 unspecified atom stereocenters. The third kappa shape index (κ3) is 3.37. The van der Waals surface area contributed by atoms with Gasteiger partial charge in [0.25, 0.3) is 0 Å². The van der Waals surface area contributed by atoms with E-state index in [2.05, 4.69) is 4.74 Å². The van der Waals surface area contributed by atoms with Crippen LogP contribution in [0.15, 0.2) is 11.3 Å². The van der Waals surface area contributed by atoms with Crippen LogP contribution < -0.4 is 0 Å². The molecular weight excluding hydrogens is 352 g/mol. The van der Waals surface area contributed by atoms with E-state index in [1.807, 2.05) is 0 Å². The average molecular weight is 368 g/mol. The first-order chi connectivity index (χ1) is 10.4. The number of rotatable bonds is 5. The Morgan fingerprint density at radius 1 is 0.917 bits per heavy atom. The van der Waals surface area contributed by atoms with Crippen LogP contribution in [0.25, 0.3) is 0 Å². The van der Waals surface area contributed by atoms with Crippen LogP contribution in [0.2, 0.25) is 0 Å². The van der Waals surface area contributed by atoms with Gasteiger partial charge in [-0.1, -0.05) is 13.8 Å². The highest BCUT2D eigenvalue weighted by molar-refractivity contribution is 5.95. The highest BCUT2D eigenvalue weighted by atomic mass is 19.4. The zero-order valence-corrected chi connectivity index (χ0v) is 13.3. The van der Waals surface area contributed by atoms with E-state index < -0.39 is 47.8 Å². The number of allylic oxidation sites excluding steroid dienone is 2. The summed E-state index contributed by atoms with van der Waals surface area (Å²) >= 11 is 0. The first kappa shape index (κ1) is 20.7. The minimum absolute atomic E-state index is 0.00998. The number of ketones is 1. The number of alkyl halides is 8. The van der Waals surface area contributed by atoms with Gasteiger partial charge in [0.2, 0.25) is 0 Å². The molecule has 2 nitrogen and oxygen atoms in total. The number of carbonyl (C=O) groups excluding carboxylic acids is 1. The van der Waals surface area contributed by atoms with Gasteiger partial charge >= 0.3 is 23.9 Å². The maximum atomic E-state index is 13.6. The third-order valence-corrected chi connectivity index (χ3v) is 3.57. The monoisotopic (exact) mass is 368 g/mol. The topological polar surface area (TPSA) is 26.3 Å². The maximum absolute atomic E-state index is 13.6. The standard InChI is InChI=1S/C14H16F8O2/c1-7-5-10(2,3)6-8(23)9(7)24-14(21,22)13(19,20)12(17,18)11(4,15)16/h5-6H2,1-4H3. The molecule has 0 aromatic carbocycles.